The minimum absolute atomic E-state index is 0.205. The van der Waals surface area contributed by atoms with Gasteiger partial charge in [-0.2, -0.15) is 0 Å². The van der Waals surface area contributed by atoms with Gasteiger partial charge in [-0.05, 0) is 60.7 Å². The van der Waals surface area contributed by atoms with Crippen LogP contribution in [0.3, 0.4) is 0 Å². The van der Waals surface area contributed by atoms with E-state index in [2.05, 4.69) is 59.3 Å². The van der Waals surface area contributed by atoms with Crippen molar-refractivity contribution in [1.82, 2.24) is 39.5 Å². The molecule has 190 valence electrons. The Morgan fingerprint density at radius 2 is 1.78 bits per heavy atom. The standard InChI is InChI=1S/C28H31FN8/c29-24-5-3-23(4-6-24)28(18-35-13-10-31-19-35,37-14-11-30-12-15-37)9-1-2-22-17-32-27-8-7-25(16-26(22)27)36-20-33-34-21-36/h3-8,10,13,16-17,19-21,30,32H,1-2,9,11-12,14-15,18H2. The third-order valence-electron chi connectivity index (χ3n) is 7.61. The highest BCUT2D eigenvalue weighted by Crippen LogP contribution is 2.37. The molecule has 0 bridgehead atoms. The minimum atomic E-state index is -0.268. The number of nitrogens with one attached hydrogen (secondary N) is 2. The van der Waals surface area contributed by atoms with Gasteiger partial charge in [-0.15, -0.1) is 10.2 Å². The van der Waals surface area contributed by atoms with Gasteiger partial charge in [0, 0.05) is 67.9 Å². The van der Waals surface area contributed by atoms with E-state index in [1.807, 2.05) is 35.4 Å². The highest BCUT2D eigenvalue weighted by Gasteiger charge is 2.39. The van der Waals surface area contributed by atoms with Crippen molar-refractivity contribution in [3.05, 3.63) is 97.0 Å². The van der Waals surface area contributed by atoms with Crippen molar-refractivity contribution in [2.75, 3.05) is 26.2 Å². The molecule has 0 saturated carbocycles. The molecule has 2 aromatic carbocycles. The first kappa shape index (κ1) is 23.6. The number of hydrogen-bond donors (Lipinski definition) is 2. The smallest absolute Gasteiger partial charge is 0.123 e. The second kappa shape index (κ2) is 10.3. The monoisotopic (exact) mass is 498 g/mol. The zero-order valence-electron chi connectivity index (χ0n) is 20.7. The fourth-order valence-electron chi connectivity index (χ4n) is 5.73. The third-order valence-corrected chi connectivity index (χ3v) is 7.61. The summed E-state index contributed by atoms with van der Waals surface area (Å²) in [7, 11) is 0. The Balaban J connectivity index is 1.31. The molecule has 0 aliphatic carbocycles. The fourth-order valence-corrected chi connectivity index (χ4v) is 5.73. The molecule has 1 unspecified atom stereocenters. The average Bonchev–Trinajstić information content (AvgIpc) is 3.72. The molecule has 4 heterocycles. The number of halogens is 1. The van der Waals surface area contributed by atoms with Crippen LogP contribution in [0.25, 0.3) is 16.6 Å². The summed E-state index contributed by atoms with van der Waals surface area (Å²) >= 11 is 0. The Bertz CT molecular complexity index is 1420. The van der Waals surface area contributed by atoms with Crippen LogP contribution in [0.1, 0.15) is 24.0 Å². The summed E-state index contributed by atoms with van der Waals surface area (Å²) in [5, 5.41) is 12.6. The van der Waals surface area contributed by atoms with Gasteiger partial charge in [-0.1, -0.05) is 12.1 Å². The van der Waals surface area contributed by atoms with Gasteiger partial charge in [0.2, 0.25) is 0 Å². The summed E-state index contributed by atoms with van der Waals surface area (Å²) in [6.07, 6.45) is 14.1. The Morgan fingerprint density at radius 1 is 0.973 bits per heavy atom. The molecule has 5 aromatic rings. The maximum absolute atomic E-state index is 14.0. The number of rotatable bonds is 9. The van der Waals surface area contributed by atoms with Crippen molar-refractivity contribution >= 4 is 10.9 Å². The molecule has 1 atom stereocenters. The van der Waals surface area contributed by atoms with Crippen molar-refractivity contribution in [3.8, 4) is 5.69 Å². The topological polar surface area (TPSA) is 79.6 Å². The Morgan fingerprint density at radius 3 is 2.54 bits per heavy atom. The molecule has 6 rings (SSSR count). The minimum Gasteiger partial charge on any atom is -0.361 e. The zero-order valence-corrected chi connectivity index (χ0v) is 20.7. The van der Waals surface area contributed by atoms with E-state index in [4.69, 9.17) is 0 Å². The molecule has 9 heteroatoms. The number of fused-ring (bicyclic) bond motifs is 1. The van der Waals surface area contributed by atoms with Crippen LogP contribution >= 0.6 is 0 Å². The molecular weight excluding hydrogens is 467 g/mol. The Labute approximate surface area is 215 Å². The van der Waals surface area contributed by atoms with Crippen LogP contribution in [0.5, 0.6) is 0 Å². The Hall–Kier alpha value is -3.82. The van der Waals surface area contributed by atoms with Crippen LogP contribution in [0.4, 0.5) is 4.39 Å². The van der Waals surface area contributed by atoms with E-state index in [-0.39, 0.29) is 11.4 Å². The maximum atomic E-state index is 14.0. The average molecular weight is 499 g/mol. The maximum Gasteiger partial charge on any atom is 0.123 e. The molecular formula is C28H31FN8. The van der Waals surface area contributed by atoms with Gasteiger partial charge >= 0.3 is 0 Å². The van der Waals surface area contributed by atoms with Gasteiger partial charge in [-0.25, -0.2) is 9.37 Å². The lowest BCUT2D eigenvalue weighted by Crippen LogP contribution is -2.56. The quantitative estimate of drug-likeness (QED) is 0.322. The van der Waals surface area contributed by atoms with Crippen molar-refractivity contribution < 1.29 is 4.39 Å². The molecule has 1 saturated heterocycles. The SMILES string of the molecule is Fc1ccc(C(CCCc2c[nH]c3ccc(-n4cnnc4)cc23)(Cn2ccnc2)N2CCNCC2)cc1. The Kier molecular flexibility index (Phi) is 6.55. The van der Waals surface area contributed by atoms with E-state index in [0.29, 0.717) is 0 Å². The second-order valence-corrected chi connectivity index (χ2v) is 9.78. The lowest BCUT2D eigenvalue weighted by Gasteiger charge is -2.47. The van der Waals surface area contributed by atoms with Crippen LogP contribution in [0.2, 0.25) is 0 Å². The van der Waals surface area contributed by atoms with Gasteiger partial charge in [0.05, 0.1) is 11.9 Å². The highest BCUT2D eigenvalue weighted by molar-refractivity contribution is 5.85. The normalized spacial score (nSPS) is 16.2. The van der Waals surface area contributed by atoms with Gasteiger partial charge in [0.25, 0.3) is 0 Å². The number of aryl methyl sites for hydroxylation is 1. The third kappa shape index (κ3) is 4.80. The number of piperazine rings is 1. The van der Waals surface area contributed by atoms with E-state index in [0.717, 1.165) is 68.8 Å². The van der Waals surface area contributed by atoms with E-state index < -0.39 is 0 Å². The molecule has 1 aliphatic heterocycles. The van der Waals surface area contributed by atoms with Crippen molar-refractivity contribution in [2.24, 2.45) is 0 Å². The van der Waals surface area contributed by atoms with Crippen LogP contribution in [0.15, 0.2) is 80.0 Å². The first-order valence-electron chi connectivity index (χ1n) is 12.8. The first-order chi connectivity index (χ1) is 18.2. The largest absolute Gasteiger partial charge is 0.361 e. The summed E-state index contributed by atoms with van der Waals surface area (Å²) in [6.45, 7) is 4.55. The predicted molar refractivity (Wildman–Crippen MR) is 141 cm³/mol. The molecule has 1 fully saturated rings. The number of imidazole rings is 1. The predicted octanol–water partition coefficient (Wildman–Crippen LogP) is 3.91. The van der Waals surface area contributed by atoms with Gasteiger partial charge < -0.3 is 14.9 Å². The molecule has 0 amide bonds. The number of benzene rings is 2. The summed E-state index contributed by atoms with van der Waals surface area (Å²) < 4.78 is 18.0. The molecule has 0 spiro atoms. The number of aromatic amines is 1. The van der Waals surface area contributed by atoms with Crippen molar-refractivity contribution in [1.29, 1.82) is 0 Å². The molecule has 1 aliphatic rings. The number of aromatic nitrogens is 6. The van der Waals surface area contributed by atoms with Crippen molar-refractivity contribution in [2.45, 2.75) is 31.3 Å². The zero-order chi connectivity index (χ0) is 25.1. The van der Waals surface area contributed by atoms with E-state index in [1.165, 1.54) is 10.9 Å². The van der Waals surface area contributed by atoms with Gasteiger partial charge in [0.15, 0.2) is 0 Å². The number of hydrogen-bond acceptors (Lipinski definition) is 5. The van der Waals surface area contributed by atoms with E-state index in [1.54, 1.807) is 24.8 Å². The lowest BCUT2D eigenvalue weighted by molar-refractivity contribution is 0.0440. The molecule has 3 aromatic heterocycles. The first-order valence-corrected chi connectivity index (χ1v) is 12.8. The number of nitrogens with zero attached hydrogens (tertiary/aromatic N) is 6. The molecule has 37 heavy (non-hydrogen) atoms. The lowest BCUT2D eigenvalue weighted by atomic mass is 9.81. The summed E-state index contributed by atoms with van der Waals surface area (Å²) in [6, 6.07) is 13.5. The van der Waals surface area contributed by atoms with Crippen LogP contribution < -0.4 is 5.32 Å². The van der Waals surface area contributed by atoms with Gasteiger partial charge in [0.1, 0.15) is 18.5 Å². The number of H-pyrrole nitrogens is 1. The van der Waals surface area contributed by atoms with Crippen LogP contribution in [-0.2, 0) is 18.5 Å². The van der Waals surface area contributed by atoms with Crippen molar-refractivity contribution in [3.63, 3.8) is 0 Å². The van der Waals surface area contributed by atoms with Crippen LogP contribution in [-0.4, -0.2) is 60.4 Å². The second-order valence-electron chi connectivity index (χ2n) is 9.78. The fraction of sp³-hybridized carbons (Fsp3) is 0.321. The van der Waals surface area contributed by atoms with E-state index >= 15 is 0 Å². The van der Waals surface area contributed by atoms with Gasteiger partial charge in [-0.3, -0.25) is 9.47 Å². The summed E-state index contributed by atoms with van der Waals surface area (Å²) in [5.74, 6) is -0.205. The molecule has 0 radical (unpaired) electrons. The molecule has 8 nitrogen and oxygen atoms in total. The molecule has 2 N–H and O–H groups in total. The van der Waals surface area contributed by atoms with E-state index in [9.17, 15) is 4.39 Å². The summed E-state index contributed by atoms with van der Waals surface area (Å²) in [4.78, 5) is 10.3. The summed E-state index contributed by atoms with van der Waals surface area (Å²) in [5.41, 5.74) is 4.34. The highest BCUT2D eigenvalue weighted by atomic mass is 19.1. The van der Waals surface area contributed by atoms with Crippen LogP contribution in [0, 0.1) is 5.82 Å².